The molecule has 1 aliphatic rings. The molecule has 2 N–H and O–H groups in total. The fraction of sp³-hybridized carbons (Fsp3) is 0.538. The molecule has 2 heteroatoms. The minimum Gasteiger partial charge on any atom is -0.493 e. The van der Waals surface area contributed by atoms with Crippen molar-refractivity contribution in [1.29, 1.82) is 0 Å². The Morgan fingerprint density at radius 3 is 3.13 bits per heavy atom. The van der Waals surface area contributed by atoms with E-state index in [0.717, 1.165) is 31.6 Å². The lowest BCUT2D eigenvalue weighted by Crippen LogP contribution is -2.09. The molecule has 1 heterocycles. The van der Waals surface area contributed by atoms with Crippen LogP contribution in [0.4, 0.5) is 0 Å². The van der Waals surface area contributed by atoms with Gasteiger partial charge in [0.2, 0.25) is 0 Å². The maximum Gasteiger partial charge on any atom is 0.124 e. The highest BCUT2D eigenvalue weighted by Gasteiger charge is 2.16. The lowest BCUT2D eigenvalue weighted by Gasteiger charge is -2.13. The Hall–Kier alpha value is -1.02. The highest BCUT2D eigenvalue weighted by atomic mass is 16.5. The zero-order chi connectivity index (χ0) is 10.7. The van der Waals surface area contributed by atoms with Gasteiger partial charge in [0.25, 0.3) is 0 Å². The summed E-state index contributed by atoms with van der Waals surface area (Å²) in [6.07, 6.45) is 4.39. The number of hydrogen-bond donors (Lipinski definition) is 1. The Morgan fingerprint density at radius 2 is 2.33 bits per heavy atom. The molecule has 0 saturated heterocycles. The molecule has 0 fully saturated rings. The molecule has 82 valence electrons. The van der Waals surface area contributed by atoms with Crippen molar-refractivity contribution in [1.82, 2.24) is 0 Å². The molecule has 2 nitrogen and oxygen atoms in total. The van der Waals surface area contributed by atoms with Crippen LogP contribution >= 0.6 is 0 Å². The minimum atomic E-state index is 0.152. The zero-order valence-corrected chi connectivity index (χ0v) is 9.33. The monoisotopic (exact) mass is 205 g/mol. The summed E-state index contributed by atoms with van der Waals surface area (Å²) in [5, 5.41) is 0. The average molecular weight is 205 g/mol. The van der Waals surface area contributed by atoms with Gasteiger partial charge in [-0.1, -0.05) is 25.5 Å². The van der Waals surface area contributed by atoms with Crippen molar-refractivity contribution in [3.05, 3.63) is 29.3 Å². The first-order chi connectivity index (χ1) is 7.31. The predicted molar refractivity (Wildman–Crippen MR) is 62.1 cm³/mol. The fourth-order valence-electron chi connectivity index (χ4n) is 2.10. The summed E-state index contributed by atoms with van der Waals surface area (Å²) in [6.45, 7) is 3.00. The number of benzene rings is 1. The molecule has 0 unspecified atom stereocenters. The van der Waals surface area contributed by atoms with Gasteiger partial charge in [0, 0.05) is 11.6 Å². The van der Waals surface area contributed by atoms with E-state index in [2.05, 4.69) is 25.1 Å². The first-order valence-electron chi connectivity index (χ1n) is 5.82. The molecule has 0 amide bonds. The first-order valence-corrected chi connectivity index (χ1v) is 5.82. The quantitative estimate of drug-likeness (QED) is 0.805. The van der Waals surface area contributed by atoms with Crippen LogP contribution in [0.15, 0.2) is 18.2 Å². The standard InChI is InChI=1S/C13H19NO/c1-2-4-10-6-7-13-11(9-10)12(14)5-3-8-15-13/h6-7,9,12H,2-5,8,14H2,1H3/t12-/m1/s1. The smallest absolute Gasteiger partial charge is 0.124 e. The second kappa shape index (κ2) is 4.67. The van der Waals surface area contributed by atoms with Crippen molar-refractivity contribution in [3.8, 4) is 5.75 Å². The van der Waals surface area contributed by atoms with Gasteiger partial charge in [-0.05, 0) is 30.9 Å². The number of ether oxygens (including phenoxy) is 1. The molecular weight excluding hydrogens is 186 g/mol. The van der Waals surface area contributed by atoms with Crippen molar-refractivity contribution in [3.63, 3.8) is 0 Å². The average Bonchev–Trinajstić information content (AvgIpc) is 2.42. The molecule has 1 atom stereocenters. The normalized spacial score (nSPS) is 20.3. The van der Waals surface area contributed by atoms with E-state index in [4.69, 9.17) is 10.5 Å². The molecule has 1 aromatic carbocycles. The Kier molecular flexibility index (Phi) is 3.27. The van der Waals surface area contributed by atoms with Crippen LogP contribution in [0.3, 0.4) is 0 Å². The summed E-state index contributed by atoms with van der Waals surface area (Å²) >= 11 is 0. The molecule has 0 saturated carbocycles. The molecule has 1 aliphatic heterocycles. The summed E-state index contributed by atoms with van der Waals surface area (Å²) in [7, 11) is 0. The van der Waals surface area contributed by atoms with Crippen LogP contribution in [0.5, 0.6) is 5.75 Å². The molecule has 0 aromatic heterocycles. The third-order valence-electron chi connectivity index (χ3n) is 2.93. The van der Waals surface area contributed by atoms with E-state index in [1.807, 2.05) is 0 Å². The van der Waals surface area contributed by atoms with Crippen molar-refractivity contribution in [2.75, 3.05) is 6.61 Å². The number of rotatable bonds is 2. The molecule has 0 bridgehead atoms. The summed E-state index contributed by atoms with van der Waals surface area (Å²) in [6, 6.07) is 6.60. The third-order valence-corrected chi connectivity index (χ3v) is 2.93. The molecule has 0 spiro atoms. The Labute approximate surface area is 91.4 Å². The number of hydrogen-bond acceptors (Lipinski definition) is 2. The molecule has 1 aromatic rings. The molecule has 15 heavy (non-hydrogen) atoms. The highest BCUT2D eigenvalue weighted by molar-refractivity contribution is 5.40. The van der Waals surface area contributed by atoms with Crippen molar-refractivity contribution < 1.29 is 4.74 Å². The maximum absolute atomic E-state index is 6.13. The van der Waals surface area contributed by atoms with Gasteiger partial charge in [0.05, 0.1) is 6.61 Å². The van der Waals surface area contributed by atoms with Crippen molar-refractivity contribution in [2.24, 2.45) is 5.73 Å². The van der Waals surface area contributed by atoms with Gasteiger partial charge in [-0.3, -0.25) is 0 Å². The van der Waals surface area contributed by atoms with Gasteiger partial charge < -0.3 is 10.5 Å². The van der Waals surface area contributed by atoms with E-state index in [1.54, 1.807) is 0 Å². The predicted octanol–water partition coefficient (Wildman–Crippen LogP) is 2.81. The topological polar surface area (TPSA) is 35.2 Å². The van der Waals surface area contributed by atoms with Gasteiger partial charge in [-0.25, -0.2) is 0 Å². The van der Waals surface area contributed by atoms with Crippen LogP contribution in [0.2, 0.25) is 0 Å². The highest BCUT2D eigenvalue weighted by Crippen LogP contribution is 2.30. The molecule has 0 aliphatic carbocycles. The number of fused-ring (bicyclic) bond motifs is 1. The first kappa shape index (κ1) is 10.5. The van der Waals surface area contributed by atoms with E-state index in [0.29, 0.717) is 0 Å². The third kappa shape index (κ3) is 2.32. The van der Waals surface area contributed by atoms with E-state index in [-0.39, 0.29) is 6.04 Å². The Morgan fingerprint density at radius 1 is 1.47 bits per heavy atom. The minimum absolute atomic E-state index is 0.152. The van der Waals surface area contributed by atoms with Crippen LogP contribution in [-0.2, 0) is 6.42 Å². The van der Waals surface area contributed by atoms with E-state index >= 15 is 0 Å². The summed E-state index contributed by atoms with van der Waals surface area (Å²) in [5.74, 6) is 0.986. The summed E-state index contributed by atoms with van der Waals surface area (Å²) < 4.78 is 5.67. The number of nitrogens with two attached hydrogens (primary N) is 1. The summed E-state index contributed by atoms with van der Waals surface area (Å²) in [5.41, 5.74) is 8.70. The van der Waals surface area contributed by atoms with E-state index in [1.165, 1.54) is 17.5 Å². The van der Waals surface area contributed by atoms with Gasteiger partial charge in [-0.2, -0.15) is 0 Å². The van der Waals surface area contributed by atoms with Crippen LogP contribution in [-0.4, -0.2) is 6.61 Å². The van der Waals surface area contributed by atoms with Gasteiger partial charge in [0.1, 0.15) is 5.75 Å². The van der Waals surface area contributed by atoms with E-state index in [9.17, 15) is 0 Å². The van der Waals surface area contributed by atoms with E-state index < -0.39 is 0 Å². The summed E-state index contributed by atoms with van der Waals surface area (Å²) in [4.78, 5) is 0. The van der Waals surface area contributed by atoms with Crippen molar-refractivity contribution >= 4 is 0 Å². The zero-order valence-electron chi connectivity index (χ0n) is 9.33. The van der Waals surface area contributed by atoms with Gasteiger partial charge in [0.15, 0.2) is 0 Å². The Bertz CT molecular complexity index is 335. The van der Waals surface area contributed by atoms with Crippen molar-refractivity contribution in [2.45, 2.75) is 38.6 Å². The lowest BCUT2D eigenvalue weighted by atomic mass is 9.99. The van der Waals surface area contributed by atoms with Crippen LogP contribution in [0, 0.1) is 0 Å². The molecule has 2 rings (SSSR count). The largest absolute Gasteiger partial charge is 0.493 e. The van der Waals surface area contributed by atoms with Crippen LogP contribution in [0.1, 0.15) is 43.4 Å². The lowest BCUT2D eigenvalue weighted by molar-refractivity contribution is 0.316. The second-order valence-corrected chi connectivity index (χ2v) is 4.22. The van der Waals surface area contributed by atoms with Crippen LogP contribution in [0.25, 0.3) is 0 Å². The SMILES string of the molecule is CCCc1ccc2c(c1)[C@H](N)CCCO2. The molecule has 0 radical (unpaired) electrons. The van der Waals surface area contributed by atoms with Gasteiger partial charge in [-0.15, -0.1) is 0 Å². The Balaban J connectivity index is 2.31. The number of aryl methyl sites for hydroxylation is 1. The maximum atomic E-state index is 6.13. The molecular formula is C13H19NO. The fourth-order valence-corrected chi connectivity index (χ4v) is 2.10. The second-order valence-electron chi connectivity index (χ2n) is 4.22. The van der Waals surface area contributed by atoms with Crippen LogP contribution < -0.4 is 10.5 Å². The van der Waals surface area contributed by atoms with Gasteiger partial charge >= 0.3 is 0 Å².